The van der Waals surface area contributed by atoms with E-state index in [1.165, 1.54) is 0 Å². The van der Waals surface area contributed by atoms with Crippen LogP contribution >= 0.6 is 11.3 Å². The summed E-state index contributed by atoms with van der Waals surface area (Å²) >= 11 is 1.60. The van der Waals surface area contributed by atoms with Gasteiger partial charge in [-0.1, -0.05) is 71.1 Å². The Hall–Kier alpha value is -1.98. The van der Waals surface area contributed by atoms with Crippen molar-refractivity contribution in [3.05, 3.63) is 64.9 Å². The molecule has 198 valence electrons. The molecule has 1 aliphatic heterocycles. The number of benzene rings is 1. The fourth-order valence-electron chi connectivity index (χ4n) is 5.24. The molecule has 0 saturated carbocycles. The zero-order valence-corrected chi connectivity index (χ0v) is 24.0. The van der Waals surface area contributed by atoms with Crippen LogP contribution in [0.1, 0.15) is 84.2 Å². The molecular weight excluding hydrogens is 469 g/mol. The van der Waals surface area contributed by atoms with Crippen LogP contribution < -0.4 is 0 Å². The third-order valence-electron chi connectivity index (χ3n) is 8.41. The zero-order chi connectivity index (χ0) is 26.8. The molecule has 2 aromatic rings. The maximum absolute atomic E-state index is 16.7. The normalized spacial score (nSPS) is 32.6. The molecule has 3 rings (SSSR count). The SMILES string of the molecule is C=C1CC(C)C(C)(C)C(=C)C(C)C(O)C(C)CCC/C(C)=C\CC(F)(c2ccc3sc(C)nc3c2)O1. The Morgan fingerprint density at radius 3 is 2.56 bits per heavy atom. The van der Waals surface area contributed by atoms with Gasteiger partial charge in [0.25, 0.3) is 5.85 Å². The van der Waals surface area contributed by atoms with E-state index in [0.717, 1.165) is 45.6 Å². The number of rotatable bonds is 1. The van der Waals surface area contributed by atoms with Crippen LogP contribution in [0.3, 0.4) is 0 Å². The smallest absolute Gasteiger partial charge is 0.277 e. The van der Waals surface area contributed by atoms with Crippen LogP contribution in [-0.2, 0) is 10.6 Å². The monoisotopic (exact) mass is 513 g/mol. The zero-order valence-electron chi connectivity index (χ0n) is 23.2. The van der Waals surface area contributed by atoms with Crippen LogP contribution in [0.5, 0.6) is 0 Å². The first-order valence-electron chi connectivity index (χ1n) is 13.2. The van der Waals surface area contributed by atoms with Crippen molar-refractivity contribution >= 4 is 21.6 Å². The van der Waals surface area contributed by atoms with Gasteiger partial charge in [0.1, 0.15) is 0 Å². The average molecular weight is 514 g/mol. The first-order valence-corrected chi connectivity index (χ1v) is 14.0. The number of aliphatic hydroxyl groups is 1. The highest BCUT2D eigenvalue weighted by Gasteiger charge is 2.38. The van der Waals surface area contributed by atoms with Crippen LogP contribution in [-0.4, -0.2) is 16.2 Å². The molecular formula is C31H44FNO2S. The molecule has 0 saturated heterocycles. The van der Waals surface area contributed by atoms with Crippen molar-refractivity contribution in [3.63, 3.8) is 0 Å². The highest BCUT2D eigenvalue weighted by Crippen LogP contribution is 2.44. The Morgan fingerprint density at radius 1 is 1.17 bits per heavy atom. The van der Waals surface area contributed by atoms with Crippen molar-refractivity contribution in [2.24, 2.45) is 23.2 Å². The lowest BCUT2D eigenvalue weighted by atomic mass is 9.67. The van der Waals surface area contributed by atoms with Crippen molar-refractivity contribution in [2.75, 3.05) is 0 Å². The number of aromatic nitrogens is 1. The van der Waals surface area contributed by atoms with Crippen LogP contribution in [0.15, 0.2) is 54.3 Å². The van der Waals surface area contributed by atoms with Crippen LogP contribution in [0, 0.1) is 30.1 Å². The molecule has 1 aromatic carbocycles. The van der Waals surface area contributed by atoms with E-state index in [1.54, 1.807) is 11.3 Å². The van der Waals surface area contributed by atoms with Crippen molar-refractivity contribution in [1.29, 1.82) is 0 Å². The van der Waals surface area contributed by atoms with Gasteiger partial charge >= 0.3 is 0 Å². The van der Waals surface area contributed by atoms with Gasteiger partial charge in [0, 0.05) is 24.3 Å². The highest BCUT2D eigenvalue weighted by atomic mass is 32.1. The van der Waals surface area contributed by atoms with Gasteiger partial charge in [-0.25, -0.2) is 4.98 Å². The second-order valence-electron chi connectivity index (χ2n) is 11.5. The molecule has 3 nitrogen and oxygen atoms in total. The summed E-state index contributed by atoms with van der Waals surface area (Å²) in [4.78, 5) is 4.57. The lowest BCUT2D eigenvalue weighted by Gasteiger charge is -2.40. The van der Waals surface area contributed by atoms with E-state index in [2.05, 4.69) is 52.8 Å². The predicted octanol–water partition coefficient (Wildman–Crippen LogP) is 9.02. The lowest BCUT2D eigenvalue weighted by Crippen LogP contribution is -2.35. The number of allylic oxidation sites excluding steroid dienone is 2. The molecule has 5 heteroatoms. The maximum atomic E-state index is 16.7. The molecule has 0 aliphatic carbocycles. The number of aryl methyl sites for hydroxylation is 1. The molecule has 5 unspecified atom stereocenters. The van der Waals surface area contributed by atoms with E-state index < -0.39 is 12.0 Å². The molecule has 36 heavy (non-hydrogen) atoms. The standard InChI is InChI=1S/C31H44FNO2S/c1-19-11-10-12-20(2)29(34)23(5)24(6)30(8,9)21(3)17-22(4)35-31(32,16-15-19)26-13-14-28-27(18-26)33-25(7)36-28/h13-15,18,20-21,23,29,34H,4,6,10-12,16-17H2,1-3,5,7-9H3/b19-15-. The number of aliphatic hydroxyl groups excluding tert-OH is 1. The van der Waals surface area contributed by atoms with Gasteiger partial charge in [-0.2, -0.15) is 4.39 Å². The number of nitrogens with zero attached hydrogens (tertiary/aromatic N) is 1. The molecule has 0 radical (unpaired) electrons. The third-order valence-corrected chi connectivity index (χ3v) is 9.37. The van der Waals surface area contributed by atoms with Crippen LogP contribution in [0.25, 0.3) is 10.2 Å². The number of hydrogen-bond donors (Lipinski definition) is 1. The Bertz CT molecular complexity index is 1130. The second kappa shape index (κ2) is 11.2. The number of hydrogen-bond acceptors (Lipinski definition) is 4. The van der Waals surface area contributed by atoms with Crippen LogP contribution in [0.4, 0.5) is 4.39 Å². The van der Waals surface area contributed by atoms with E-state index in [1.807, 2.05) is 38.1 Å². The number of alkyl halides is 1. The van der Waals surface area contributed by atoms with Crippen LogP contribution in [0.2, 0.25) is 0 Å². The minimum atomic E-state index is -2.03. The fraction of sp³-hybridized carbons (Fsp3) is 0.581. The summed E-state index contributed by atoms with van der Waals surface area (Å²) in [5.41, 5.74) is 3.11. The van der Waals surface area contributed by atoms with Gasteiger partial charge in [-0.3, -0.25) is 0 Å². The van der Waals surface area contributed by atoms with E-state index >= 15 is 4.39 Å². The molecule has 0 spiro atoms. The molecule has 1 N–H and O–H groups in total. The molecule has 0 bridgehead atoms. The lowest BCUT2D eigenvalue weighted by molar-refractivity contribution is -0.121. The molecule has 5 atom stereocenters. The summed E-state index contributed by atoms with van der Waals surface area (Å²) in [5.74, 6) is -1.39. The molecule has 1 aromatic heterocycles. The maximum Gasteiger partial charge on any atom is 0.277 e. The predicted molar refractivity (Wildman–Crippen MR) is 151 cm³/mol. The summed E-state index contributed by atoms with van der Waals surface area (Å²) in [6, 6.07) is 5.56. The van der Waals surface area contributed by atoms with E-state index in [-0.39, 0.29) is 29.6 Å². The summed E-state index contributed by atoms with van der Waals surface area (Å²) in [7, 11) is 0. The minimum absolute atomic E-state index is 0.0373. The number of halogens is 1. The molecule has 2 heterocycles. The Labute approximate surface area is 221 Å². The first kappa shape index (κ1) is 28.6. The Balaban J connectivity index is 1.97. The van der Waals surface area contributed by atoms with E-state index in [9.17, 15) is 5.11 Å². The second-order valence-corrected chi connectivity index (χ2v) is 12.8. The van der Waals surface area contributed by atoms with Gasteiger partial charge in [0.2, 0.25) is 0 Å². The quantitative estimate of drug-likeness (QED) is 0.387. The van der Waals surface area contributed by atoms with E-state index in [0.29, 0.717) is 17.7 Å². The highest BCUT2D eigenvalue weighted by molar-refractivity contribution is 7.18. The average Bonchev–Trinajstić information content (AvgIpc) is 3.19. The largest absolute Gasteiger partial charge is 0.458 e. The first-order chi connectivity index (χ1) is 16.7. The summed E-state index contributed by atoms with van der Waals surface area (Å²) in [6.45, 7) is 23.2. The Morgan fingerprint density at radius 2 is 1.86 bits per heavy atom. The summed E-state index contributed by atoms with van der Waals surface area (Å²) in [5, 5.41) is 12.0. The van der Waals surface area contributed by atoms with Gasteiger partial charge in [0.15, 0.2) is 0 Å². The Kier molecular flexibility index (Phi) is 8.88. The summed E-state index contributed by atoms with van der Waals surface area (Å²) < 4.78 is 23.9. The van der Waals surface area contributed by atoms with Crippen molar-refractivity contribution < 1.29 is 14.2 Å². The topological polar surface area (TPSA) is 42.4 Å². The van der Waals surface area contributed by atoms with Gasteiger partial charge in [-0.05, 0) is 62.5 Å². The third kappa shape index (κ3) is 6.28. The van der Waals surface area contributed by atoms with Crippen molar-refractivity contribution in [2.45, 2.75) is 92.5 Å². The number of fused-ring (bicyclic) bond motifs is 1. The number of thiazole rings is 1. The molecule has 1 aliphatic rings. The van der Waals surface area contributed by atoms with Gasteiger partial charge in [-0.15, -0.1) is 11.3 Å². The minimum Gasteiger partial charge on any atom is -0.458 e. The summed E-state index contributed by atoms with van der Waals surface area (Å²) in [6.07, 6.45) is 4.82. The van der Waals surface area contributed by atoms with Gasteiger partial charge in [0.05, 0.1) is 27.1 Å². The molecule has 0 fully saturated rings. The van der Waals surface area contributed by atoms with Crippen molar-refractivity contribution in [1.82, 2.24) is 4.98 Å². The number of ether oxygens (including phenoxy) is 1. The molecule has 0 amide bonds. The fourth-order valence-corrected chi connectivity index (χ4v) is 6.05. The van der Waals surface area contributed by atoms with Crippen molar-refractivity contribution in [3.8, 4) is 0 Å². The van der Waals surface area contributed by atoms with Gasteiger partial charge < -0.3 is 9.84 Å². The van der Waals surface area contributed by atoms with E-state index in [4.69, 9.17) is 4.74 Å².